The van der Waals surface area contributed by atoms with Gasteiger partial charge in [-0.05, 0) is 50.1 Å². The van der Waals surface area contributed by atoms with Gasteiger partial charge in [0.25, 0.3) is 0 Å². The normalized spacial score (nSPS) is 19.2. The number of nitrogens with one attached hydrogen (secondary N) is 1. The fraction of sp³-hybridized carbons (Fsp3) is 0.467. The number of amides is 2. The van der Waals surface area contributed by atoms with Crippen LogP contribution in [0.3, 0.4) is 0 Å². The summed E-state index contributed by atoms with van der Waals surface area (Å²) < 4.78 is 0.975. The Hall–Kier alpha value is -1.40. The number of carbonyl (C=O) groups is 2. The maximum Gasteiger partial charge on any atom is 0.238 e. The third-order valence-electron chi connectivity index (χ3n) is 3.75. The number of hydrogen-bond acceptors (Lipinski definition) is 3. The van der Waals surface area contributed by atoms with Crippen LogP contribution in [0.2, 0.25) is 0 Å². The highest BCUT2D eigenvalue weighted by atomic mass is 79.9. The third kappa shape index (κ3) is 4.28. The van der Waals surface area contributed by atoms with Crippen LogP contribution in [-0.4, -0.2) is 35.8 Å². The summed E-state index contributed by atoms with van der Waals surface area (Å²) in [6.07, 6.45) is 2.71. The van der Waals surface area contributed by atoms with Crippen LogP contribution in [-0.2, 0) is 9.59 Å². The number of anilines is 1. The molecule has 1 atom stereocenters. The van der Waals surface area contributed by atoms with Crippen LogP contribution in [0.1, 0.15) is 24.8 Å². The molecule has 0 saturated carbocycles. The van der Waals surface area contributed by atoms with E-state index in [0.29, 0.717) is 0 Å². The summed E-state index contributed by atoms with van der Waals surface area (Å²) in [5.41, 5.74) is 7.19. The lowest BCUT2D eigenvalue weighted by Gasteiger charge is -2.32. The zero-order chi connectivity index (χ0) is 15.4. The lowest BCUT2D eigenvalue weighted by molar-refractivity contribution is -0.126. The second-order valence-corrected chi connectivity index (χ2v) is 6.31. The summed E-state index contributed by atoms with van der Waals surface area (Å²) in [6, 6.07) is 5.37. The molecule has 0 unspecified atom stereocenters. The summed E-state index contributed by atoms with van der Waals surface area (Å²) in [5, 5.41) is 2.89. The van der Waals surface area contributed by atoms with Crippen LogP contribution in [0, 0.1) is 6.92 Å². The van der Waals surface area contributed by atoms with Crippen LogP contribution in [0.25, 0.3) is 0 Å². The first-order valence-electron chi connectivity index (χ1n) is 7.07. The predicted octanol–water partition coefficient (Wildman–Crippen LogP) is 2.04. The van der Waals surface area contributed by atoms with E-state index in [-0.39, 0.29) is 24.4 Å². The van der Waals surface area contributed by atoms with Crippen molar-refractivity contribution in [1.29, 1.82) is 0 Å². The van der Waals surface area contributed by atoms with Crippen LogP contribution in [0.5, 0.6) is 0 Å². The quantitative estimate of drug-likeness (QED) is 0.869. The second-order valence-electron chi connectivity index (χ2n) is 5.39. The lowest BCUT2D eigenvalue weighted by Crippen LogP contribution is -2.50. The monoisotopic (exact) mass is 353 g/mol. The molecule has 6 heteroatoms. The molecule has 0 spiro atoms. The van der Waals surface area contributed by atoms with Crippen molar-refractivity contribution in [2.24, 2.45) is 5.73 Å². The Kier molecular flexibility index (Phi) is 5.36. The molecule has 0 radical (unpaired) electrons. The van der Waals surface area contributed by atoms with Crippen molar-refractivity contribution in [2.45, 2.75) is 32.2 Å². The molecule has 0 aromatic heterocycles. The number of rotatable bonds is 4. The molecule has 0 aliphatic carbocycles. The van der Waals surface area contributed by atoms with Crippen LogP contribution >= 0.6 is 15.9 Å². The van der Waals surface area contributed by atoms with Crippen LogP contribution in [0.15, 0.2) is 22.7 Å². The van der Waals surface area contributed by atoms with E-state index < -0.39 is 0 Å². The summed E-state index contributed by atoms with van der Waals surface area (Å²) in [5.74, 6) is -0.462. The highest BCUT2D eigenvalue weighted by Gasteiger charge is 2.28. The van der Waals surface area contributed by atoms with Gasteiger partial charge in [-0.3, -0.25) is 14.5 Å². The summed E-state index contributed by atoms with van der Waals surface area (Å²) in [6.45, 7) is 2.87. The van der Waals surface area contributed by atoms with Gasteiger partial charge in [-0.25, -0.2) is 0 Å². The maximum atomic E-state index is 12.2. The molecule has 2 rings (SSSR count). The molecule has 1 aliphatic heterocycles. The van der Waals surface area contributed by atoms with E-state index in [4.69, 9.17) is 5.73 Å². The molecule has 1 heterocycles. The van der Waals surface area contributed by atoms with E-state index in [1.165, 1.54) is 0 Å². The topological polar surface area (TPSA) is 75.4 Å². The van der Waals surface area contributed by atoms with E-state index in [0.717, 1.165) is 41.5 Å². The number of carbonyl (C=O) groups excluding carboxylic acids is 2. The van der Waals surface area contributed by atoms with Gasteiger partial charge in [0, 0.05) is 10.2 Å². The van der Waals surface area contributed by atoms with Crippen molar-refractivity contribution in [3.63, 3.8) is 0 Å². The van der Waals surface area contributed by atoms with Gasteiger partial charge in [-0.15, -0.1) is 0 Å². The smallest absolute Gasteiger partial charge is 0.238 e. The van der Waals surface area contributed by atoms with Crippen molar-refractivity contribution < 1.29 is 9.59 Å². The SMILES string of the molecule is Cc1cc(Br)ccc1NC(=O)CN1CCCC[C@H]1C(N)=O. The van der Waals surface area contributed by atoms with Gasteiger partial charge >= 0.3 is 0 Å². The maximum absolute atomic E-state index is 12.2. The number of aryl methyl sites for hydroxylation is 1. The largest absolute Gasteiger partial charge is 0.368 e. The van der Waals surface area contributed by atoms with E-state index >= 15 is 0 Å². The first kappa shape index (κ1) is 16.0. The van der Waals surface area contributed by atoms with Crippen molar-refractivity contribution in [3.8, 4) is 0 Å². The van der Waals surface area contributed by atoms with Gasteiger partial charge in [0.1, 0.15) is 0 Å². The molecule has 114 valence electrons. The molecule has 21 heavy (non-hydrogen) atoms. The first-order valence-corrected chi connectivity index (χ1v) is 7.86. The van der Waals surface area contributed by atoms with Crippen LogP contribution in [0.4, 0.5) is 5.69 Å². The molecular formula is C15H20BrN3O2. The number of benzene rings is 1. The molecule has 0 bridgehead atoms. The highest BCUT2D eigenvalue weighted by Crippen LogP contribution is 2.21. The molecule has 3 N–H and O–H groups in total. The number of halogens is 1. The molecule has 5 nitrogen and oxygen atoms in total. The lowest BCUT2D eigenvalue weighted by atomic mass is 10.0. The fourth-order valence-corrected chi connectivity index (χ4v) is 3.12. The van der Waals surface area contributed by atoms with Crippen LogP contribution < -0.4 is 11.1 Å². The standard InChI is InChI=1S/C15H20BrN3O2/c1-10-8-11(16)5-6-12(10)18-14(20)9-19-7-3-2-4-13(19)15(17)21/h5-6,8,13H,2-4,7,9H2,1H3,(H2,17,21)(H,18,20)/t13-/m0/s1. The minimum atomic E-state index is -0.345. The summed E-state index contributed by atoms with van der Waals surface area (Å²) >= 11 is 3.39. The third-order valence-corrected chi connectivity index (χ3v) is 4.24. The molecule has 2 amide bonds. The Morgan fingerprint density at radius 2 is 2.19 bits per heavy atom. The van der Waals surface area contributed by atoms with E-state index in [1.54, 1.807) is 0 Å². The number of likely N-dealkylation sites (tertiary alicyclic amines) is 1. The average molecular weight is 354 g/mol. The predicted molar refractivity (Wildman–Crippen MR) is 85.9 cm³/mol. The van der Waals surface area contributed by atoms with Gasteiger partial charge in [0.15, 0.2) is 0 Å². The van der Waals surface area contributed by atoms with Crippen molar-refractivity contribution >= 4 is 33.4 Å². The molecule has 1 aromatic rings. The molecule has 1 fully saturated rings. The molecular weight excluding hydrogens is 334 g/mol. The van der Waals surface area contributed by atoms with Gasteiger partial charge in [-0.2, -0.15) is 0 Å². The average Bonchev–Trinajstić information content (AvgIpc) is 2.42. The Bertz CT molecular complexity index is 548. The zero-order valence-electron chi connectivity index (χ0n) is 12.1. The Morgan fingerprint density at radius 1 is 1.43 bits per heavy atom. The van der Waals surface area contributed by atoms with Crippen molar-refractivity contribution in [1.82, 2.24) is 4.90 Å². The minimum absolute atomic E-state index is 0.117. The number of hydrogen-bond donors (Lipinski definition) is 2. The Morgan fingerprint density at radius 3 is 2.86 bits per heavy atom. The van der Waals surface area contributed by atoms with Crippen molar-refractivity contribution in [2.75, 3.05) is 18.4 Å². The van der Waals surface area contributed by atoms with E-state index in [1.807, 2.05) is 30.0 Å². The van der Waals surface area contributed by atoms with Gasteiger partial charge in [0.2, 0.25) is 11.8 Å². The number of nitrogens with two attached hydrogens (primary N) is 1. The van der Waals surface area contributed by atoms with Crippen molar-refractivity contribution in [3.05, 3.63) is 28.2 Å². The minimum Gasteiger partial charge on any atom is -0.368 e. The second kappa shape index (κ2) is 7.04. The number of piperidine rings is 1. The molecule has 1 aromatic carbocycles. The number of primary amides is 1. The highest BCUT2D eigenvalue weighted by molar-refractivity contribution is 9.10. The molecule has 1 saturated heterocycles. The first-order chi connectivity index (χ1) is 9.97. The molecule has 1 aliphatic rings. The van der Waals surface area contributed by atoms with Gasteiger partial charge < -0.3 is 11.1 Å². The zero-order valence-corrected chi connectivity index (χ0v) is 13.6. The van der Waals surface area contributed by atoms with Gasteiger partial charge in [0.05, 0.1) is 12.6 Å². The van der Waals surface area contributed by atoms with E-state index in [9.17, 15) is 9.59 Å². The summed E-state index contributed by atoms with van der Waals surface area (Å²) in [4.78, 5) is 25.5. The number of nitrogens with zero attached hydrogens (tertiary/aromatic N) is 1. The summed E-state index contributed by atoms with van der Waals surface area (Å²) in [7, 11) is 0. The Labute approximate surface area is 133 Å². The van der Waals surface area contributed by atoms with E-state index in [2.05, 4.69) is 21.2 Å². The Balaban J connectivity index is 1.98. The fourth-order valence-electron chi connectivity index (χ4n) is 2.64. The van der Waals surface area contributed by atoms with Gasteiger partial charge in [-0.1, -0.05) is 22.4 Å².